The Balaban J connectivity index is 1.70. The number of benzene rings is 1. The van der Waals surface area contributed by atoms with E-state index in [1.165, 1.54) is 6.08 Å². The highest BCUT2D eigenvalue weighted by atomic mass is 16.6. The first-order valence-electron chi connectivity index (χ1n) is 6.79. The number of carbonyl (C=O) groups is 1. The predicted octanol–water partition coefficient (Wildman–Crippen LogP) is 2.07. The van der Waals surface area contributed by atoms with Crippen LogP contribution in [0.15, 0.2) is 29.8 Å². The number of aliphatic carboxylic acids is 1. The summed E-state index contributed by atoms with van der Waals surface area (Å²) in [6.07, 6.45) is 2.92. The Bertz CT molecular complexity index is 543. The zero-order valence-electron chi connectivity index (χ0n) is 11.2. The molecule has 0 saturated carbocycles. The third kappa shape index (κ3) is 2.71. The van der Waals surface area contributed by atoms with Gasteiger partial charge in [0.2, 0.25) is 0 Å². The molecule has 5 nitrogen and oxygen atoms in total. The Morgan fingerprint density at radius 3 is 2.55 bits per heavy atom. The van der Waals surface area contributed by atoms with E-state index in [9.17, 15) is 4.79 Å². The van der Waals surface area contributed by atoms with Crippen LogP contribution in [0.4, 0.5) is 5.69 Å². The lowest BCUT2D eigenvalue weighted by molar-refractivity contribution is -0.131. The van der Waals surface area contributed by atoms with Crippen molar-refractivity contribution in [1.29, 1.82) is 0 Å². The summed E-state index contributed by atoms with van der Waals surface area (Å²) in [7, 11) is 0. The van der Waals surface area contributed by atoms with E-state index >= 15 is 0 Å². The van der Waals surface area contributed by atoms with E-state index in [0.29, 0.717) is 13.2 Å². The first-order valence-corrected chi connectivity index (χ1v) is 6.79. The Labute approximate surface area is 117 Å². The summed E-state index contributed by atoms with van der Waals surface area (Å²) in [5.41, 5.74) is 2.11. The number of fused-ring (bicyclic) bond motifs is 1. The highest BCUT2D eigenvalue weighted by molar-refractivity contribution is 5.80. The molecule has 1 N–H and O–H groups in total. The molecule has 0 spiro atoms. The maximum Gasteiger partial charge on any atom is 0.328 e. The summed E-state index contributed by atoms with van der Waals surface area (Å²) < 4.78 is 11.1. The van der Waals surface area contributed by atoms with Gasteiger partial charge in [-0.3, -0.25) is 0 Å². The summed E-state index contributed by atoms with van der Waals surface area (Å²) in [6, 6.07) is 5.96. The molecular formula is C15H17NO4. The molecule has 1 aromatic rings. The second-order valence-electron chi connectivity index (χ2n) is 4.96. The van der Waals surface area contributed by atoms with E-state index in [2.05, 4.69) is 4.90 Å². The normalized spacial score (nSPS) is 17.8. The highest BCUT2D eigenvalue weighted by Crippen LogP contribution is 2.35. The lowest BCUT2D eigenvalue weighted by Crippen LogP contribution is -2.30. The molecule has 0 aromatic heterocycles. The molecule has 106 valence electrons. The van der Waals surface area contributed by atoms with Crippen molar-refractivity contribution in [2.75, 3.05) is 31.2 Å². The SMILES string of the molecule is O=C(O)C=C1CCN(c2ccc3c(c2)OCCO3)CC1. The first kappa shape index (κ1) is 12.8. The molecule has 0 aliphatic carbocycles. The van der Waals surface area contributed by atoms with Crippen molar-refractivity contribution < 1.29 is 19.4 Å². The first-order chi connectivity index (χ1) is 9.72. The van der Waals surface area contributed by atoms with E-state index in [0.717, 1.165) is 48.7 Å². The molecule has 0 atom stereocenters. The molecule has 0 bridgehead atoms. The van der Waals surface area contributed by atoms with Gasteiger partial charge in [0.05, 0.1) is 0 Å². The second kappa shape index (κ2) is 5.45. The molecule has 1 fully saturated rings. The van der Waals surface area contributed by atoms with E-state index in [-0.39, 0.29) is 0 Å². The third-order valence-electron chi connectivity index (χ3n) is 3.62. The third-order valence-corrected chi connectivity index (χ3v) is 3.62. The largest absolute Gasteiger partial charge is 0.486 e. The summed E-state index contributed by atoms with van der Waals surface area (Å²) in [6.45, 7) is 2.85. The number of carboxylic acids is 1. The molecular weight excluding hydrogens is 258 g/mol. The zero-order valence-corrected chi connectivity index (χ0v) is 11.2. The summed E-state index contributed by atoms with van der Waals surface area (Å²) in [5.74, 6) is 0.733. The average molecular weight is 275 g/mol. The van der Waals surface area contributed by atoms with Gasteiger partial charge in [-0.1, -0.05) is 5.57 Å². The monoisotopic (exact) mass is 275 g/mol. The molecule has 0 radical (unpaired) electrons. The smallest absolute Gasteiger partial charge is 0.328 e. The Morgan fingerprint density at radius 1 is 1.15 bits per heavy atom. The predicted molar refractivity (Wildman–Crippen MR) is 74.6 cm³/mol. The van der Waals surface area contributed by atoms with Crippen LogP contribution in [0.5, 0.6) is 11.5 Å². The number of anilines is 1. The minimum absolute atomic E-state index is 0.585. The van der Waals surface area contributed by atoms with Gasteiger partial charge in [0.1, 0.15) is 13.2 Å². The molecule has 5 heteroatoms. The van der Waals surface area contributed by atoms with E-state index in [1.807, 2.05) is 18.2 Å². The Kier molecular flexibility index (Phi) is 3.50. The minimum Gasteiger partial charge on any atom is -0.486 e. The van der Waals surface area contributed by atoms with Crippen molar-refractivity contribution >= 4 is 11.7 Å². The van der Waals surface area contributed by atoms with Crippen LogP contribution in [0.3, 0.4) is 0 Å². The van der Waals surface area contributed by atoms with E-state index in [4.69, 9.17) is 14.6 Å². The minimum atomic E-state index is -0.854. The summed E-state index contributed by atoms with van der Waals surface area (Å²) in [4.78, 5) is 12.9. The van der Waals surface area contributed by atoms with Gasteiger partial charge in [-0.25, -0.2) is 4.79 Å². The maximum atomic E-state index is 10.7. The van der Waals surface area contributed by atoms with Crippen LogP contribution in [0, 0.1) is 0 Å². The summed E-state index contributed by atoms with van der Waals surface area (Å²) in [5, 5.41) is 8.76. The zero-order chi connectivity index (χ0) is 13.9. The van der Waals surface area contributed by atoms with Crippen LogP contribution in [0.1, 0.15) is 12.8 Å². The highest BCUT2D eigenvalue weighted by Gasteiger charge is 2.18. The average Bonchev–Trinajstić information content (AvgIpc) is 2.47. The number of hydrogen-bond donors (Lipinski definition) is 1. The molecule has 2 aliphatic rings. The van der Waals surface area contributed by atoms with Crippen LogP contribution in [-0.2, 0) is 4.79 Å². The fourth-order valence-corrected chi connectivity index (χ4v) is 2.60. The number of ether oxygens (including phenoxy) is 2. The number of rotatable bonds is 2. The Hall–Kier alpha value is -2.17. The van der Waals surface area contributed by atoms with Crippen LogP contribution >= 0.6 is 0 Å². The van der Waals surface area contributed by atoms with Crippen LogP contribution in [-0.4, -0.2) is 37.4 Å². The van der Waals surface area contributed by atoms with Gasteiger partial charge in [0.15, 0.2) is 11.5 Å². The van der Waals surface area contributed by atoms with E-state index in [1.54, 1.807) is 0 Å². The molecule has 0 amide bonds. The lowest BCUT2D eigenvalue weighted by atomic mass is 10.0. The number of hydrogen-bond acceptors (Lipinski definition) is 4. The lowest BCUT2D eigenvalue weighted by Gasteiger charge is -2.31. The topological polar surface area (TPSA) is 59.0 Å². The molecule has 3 rings (SSSR count). The van der Waals surface area contributed by atoms with Gasteiger partial charge in [-0.2, -0.15) is 0 Å². The van der Waals surface area contributed by atoms with Crippen LogP contribution in [0.25, 0.3) is 0 Å². The van der Waals surface area contributed by atoms with Gasteiger partial charge in [-0.15, -0.1) is 0 Å². The van der Waals surface area contributed by atoms with Crippen molar-refractivity contribution in [1.82, 2.24) is 0 Å². The summed E-state index contributed by atoms with van der Waals surface area (Å²) >= 11 is 0. The van der Waals surface area contributed by atoms with Crippen LogP contribution < -0.4 is 14.4 Å². The number of piperidine rings is 1. The van der Waals surface area contributed by atoms with E-state index < -0.39 is 5.97 Å². The fourth-order valence-electron chi connectivity index (χ4n) is 2.60. The molecule has 2 aliphatic heterocycles. The second-order valence-corrected chi connectivity index (χ2v) is 4.96. The molecule has 0 unspecified atom stereocenters. The van der Waals surface area contributed by atoms with Crippen molar-refractivity contribution in [3.05, 3.63) is 29.8 Å². The molecule has 1 saturated heterocycles. The number of nitrogens with zero attached hydrogens (tertiary/aromatic N) is 1. The van der Waals surface area contributed by atoms with Gasteiger partial charge in [0.25, 0.3) is 0 Å². The standard InChI is InChI=1S/C15H17NO4/c17-15(18)9-11-3-5-16(6-4-11)12-1-2-13-14(10-12)20-8-7-19-13/h1-2,9-10H,3-8H2,(H,17,18). The molecule has 20 heavy (non-hydrogen) atoms. The van der Waals surface area contributed by atoms with Gasteiger partial charge in [0, 0.05) is 30.9 Å². The van der Waals surface area contributed by atoms with Crippen molar-refractivity contribution in [2.45, 2.75) is 12.8 Å². The maximum absolute atomic E-state index is 10.7. The van der Waals surface area contributed by atoms with Gasteiger partial charge < -0.3 is 19.5 Å². The van der Waals surface area contributed by atoms with Gasteiger partial charge in [-0.05, 0) is 25.0 Å². The van der Waals surface area contributed by atoms with Crippen molar-refractivity contribution in [3.63, 3.8) is 0 Å². The molecule has 1 aromatic carbocycles. The van der Waals surface area contributed by atoms with Crippen molar-refractivity contribution in [2.24, 2.45) is 0 Å². The quantitative estimate of drug-likeness (QED) is 0.837. The number of carboxylic acid groups (broad SMARTS) is 1. The van der Waals surface area contributed by atoms with Crippen LogP contribution in [0.2, 0.25) is 0 Å². The van der Waals surface area contributed by atoms with Gasteiger partial charge >= 0.3 is 5.97 Å². The molecule has 2 heterocycles. The Morgan fingerprint density at radius 2 is 1.85 bits per heavy atom. The van der Waals surface area contributed by atoms with Crippen molar-refractivity contribution in [3.8, 4) is 11.5 Å². The fraction of sp³-hybridized carbons (Fsp3) is 0.400.